The minimum absolute atomic E-state index is 0.170. The van der Waals surface area contributed by atoms with Crippen LogP contribution in [0.15, 0.2) is 23.0 Å². The highest BCUT2D eigenvalue weighted by Gasteiger charge is 2.21. The van der Waals surface area contributed by atoms with Crippen molar-refractivity contribution >= 4 is 24.2 Å². The molecule has 0 radical (unpaired) electrons. The standard InChI is InChI=1S/C15H18FN2O4P/c1-17-13-8-14(18-4-2-3-5-18)12(16)7-11(13)10(6-15(17)19)9-23(20,21)22/h6-8H,2-5,9H2,1H3,(H2,20,21,22). The summed E-state index contributed by atoms with van der Waals surface area (Å²) < 4.78 is 27.2. The molecule has 8 heteroatoms. The van der Waals surface area contributed by atoms with E-state index >= 15 is 0 Å². The Balaban J connectivity index is 2.24. The maximum Gasteiger partial charge on any atom is 0.329 e. The van der Waals surface area contributed by atoms with Gasteiger partial charge in [-0.25, -0.2) is 4.39 Å². The molecule has 0 bridgehead atoms. The molecule has 2 aromatic rings. The first kappa shape index (κ1) is 16.2. The van der Waals surface area contributed by atoms with Crippen molar-refractivity contribution < 1.29 is 18.7 Å². The van der Waals surface area contributed by atoms with Crippen molar-refractivity contribution in [1.82, 2.24) is 4.57 Å². The van der Waals surface area contributed by atoms with Gasteiger partial charge < -0.3 is 19.3 Å². The van der Waals surface area contributed by atoms with E-state index in [9.17, 15) is 23.5 Å². The molecule has 0 unspecified atom stereocenters. The molecule has 1 aliphatic rings. The molecule has 23 heavy (non-hydrogen) atoms. The van der Waals surface area contributed by atoms with Crippen molar-refractivity contribution in [3.05, 3.63) is 39.9 Å². The summed E-state index contributed by atoms with van der Waals surface area (Å²) >= 11 is 0. The normalized spacial score (nSPS) is 15.6. The van der Waals surface area contributed by atoms with Crippen molar-refractivity contribution in [3.63, 3.8) is 0 Å². The number of benzene rings is 1. The third-order valence-electron chi connectivity index (χ3n) is 4.22. The summed E-state index contributed by atoms with van der Waals surface area (Å²) in [6.45, 7) is 1.52. The van der Waals surface area contributed by atoms with Crippen LogP contribution in [0.2, 0.25) is 0 Å². The van der Waals surface area contributed by atoms with Gasteiger partial charge in [0, 0.05) is 31.6 Å². The van der Waals surface area contributed by atoms with Gasteiger partial charge in [0.2, 0.25) is 0 Å². The monoisotopic (exact) mass is 340 g/mol. The van der Waals surface area contributed by atoms with Gasteiger partial charge in [0.1, 0.15) is 5.82 Å². The second-order valence-electron chi connectivity index (χ2n) is 5.90. The van der Waals surface area contributed by atoms with Crippen LogP contribution in [0.4, 0.5) is 10.1 Å². The maximum atomic E-state index is 14.5. The quantitative estimate of drug-likeness (QED) is 0.835. The largest absolute Gasteiger partial charge is 0.369 e. The SMILES string of the molecule is Cn1c(=O)cc(CP(=O)(O)O)c2cc(F)c(N3CCCC3)cc21. The molecule has 1 fully saturated rings. The van der Waals surface area contributed by atoms with Gasteiger partial charge in [-0.3, -0.25) is 9.36 Å². The molecule has 0 atom stereocenters. The molecule has 1 saturated heterocycles. The lowest BCUT2D eigenvalue weighted by Gasteiger charge is -2.20. The number of aryl methyl sites for hydroxylation is 1. The smallest absolute Gasteiger partial charge is 0.329 e. The number of fused-ring (bicyclic) bond motifs is 1. The summed E-state index contributed by atoms with van der Waals surface area (Å²) in [4.78, 5) is 32.4. The zero-order valence-corrected chi connectivity index (χ0v) is 13.6. The van der Waals surface area contributed by atoms with Crippen molar-refractivity contribution in [1.29, 1.82) is 0 Å². The van der Waals surface area contributed by atoms with E-state index < -0.39 is 19.6 Å². The van der Waals surface area contributed by atoms with Crippen LogP contribution in [-0.2, 0) is 17.8 Å². The van der Waals surface area contributed by atoms with Crippen LogP contribution in [0, 0.1) is 5.82 Å². The molecule has 1 aromatic heterocycles. The molecule has 2 heterocycles. The fraction of sp³-hybridized carbons (Fsp3) is 0.400. The lowest BCUT2D eigenvalue weighted by atomic mass is 10.1. The van der Waals surface area contributed by atoms with Gasteiger partial charge in [-0.2, -0.15) is 0 Å². The predicted octanol–water partition coefficient (Wildman–Crippen LogP) is 1.96. The Morgan fingerprint density at radius 2 is 1.87 bits per heavy atom. The van der Waals surface area contributed by atoms with Crippen molar-refractivity contribution in [2.45, 2.75) is 19.0 Å². The van der Waals surface area contributed by atoms with Gasteiger partial charge in [-0.1, -0.05) is 0 Å². The summed E-state index contributed by atoms with van der Waals surface area (Å²) in [5.74, 6) is -0.440. The summed E-state index contributed by atoms with van der Waals surface area (Å²) in [6, 6.07) is 4.03. The van der Waals surface area contributed by atoms with Gasteiger partial charge in [-0.15, -0.1) is 0 Å². The molecule has 1 aromatic carbocycles. The predicted molar refractivity (Wildman–Crippen MR) is 86.3 cm³/mol. The molecule has 0 saturated carbocycles. The molecule has 3 rings (SSSR count). The highest BCUT2D eigenvalue weighted by molar-refractivity contribution is 7.50. The Labute approximate surface area is 132 Å². The molecular formula is C15H18FN2O4P. The van der Waals surface area contributed by atoms with E-state index in [1.54, 1.807) is 13.1 Å². The van der Waals surface area contributed by atoms with Crippen LogP contribution in [-0.4, -0.2) is 27.4 Å². The number of nitrogens with zero attached hydrogens (tertiary/aromatic N) is 2. The average Bonchev–Trinajstić information content (AvgIpc) is 2.96. The van der Waals surface area contributed by atoms with Crippen molar-refractivity contribution in [2.24, 2.45) is 7.05 Å². The number of halogens is 1. The second kappa shape index (κ2) is 5.74. The van der Waals surface area contributed by atoms with Gasteiger partial charge in [0.25, 0.3) is 5.56 Å². The minimum Gasteiger partial charge on any atom is -0.369 e. The first-order chi connectivity index (χ1) is 10.8. The van der Waals surface area contributed by atoms with Crippen molar-refractivity contribution in [2.75, 3.05) is 18.0 Å². The van der Waals surface area contributed by atoms with Crippen LogP contribution in [0.3, 0.4) is 0 Å². The third-order valence-corrected chi connectivity index (χ3v) is 4.98. The lowest BCUT2D eigenvalue weighted by molar-refractivity contribution is 0.372. The van der Waals surface area contributed by atoms with Crippen LogP contribution >= 0.6 is 7.60 Å². The van der Waals surface area contributed by atoms with Crippen LogP contribution < -0.4 is 10.5 Å². The first-order valence-corrected chi connectivity index (χ1v) is 9.18. The van der Waals surface area contributed by atoms with E-state index in [0.717, 1.165) is 32.0 Å². The average molecular weight is 340 g/mol. The van der Waals surface area contributed by atoms with E-state index in [-0.39, 0.29) is 11.1 Å². The van der Waals surface area contributed by atoms with Gasteiger partial charge in [0.15, 0.2) is 0 Å². The maximum absolute atomic E-state index is 14.5. The highest BCUT2D eigenvalue weighted by Crippen LogP contribution is 2.41. The minimum atomic E-state index is -4.36. The van der Waals surface area contributed by atoms with Crippen LogP contribution in [0.5, 0.6) is 0 Å². The van der Waals surface area contributed by atoms with Gasteiger partial charge in [-0.05, 0) is 30.5 Å². The number of anilines is 1. The molecule has 0 amide bonds. The number of pyridine rings is 1. The summed E-state index contributed by atoms with van der Waals surface area (Å²) in [7, 11) is -2.79. The molecule has 124 valence electrons. The van der Waals surface area contributed by atoms with E-state index in [4.69, 9.17) is 0 Å². The Kier molecular flexibility index (Phi) is 4.04. The molecule has 6 nitrogen and oxygen atoms in total. The van der Waals surface area contributed by atoms with Crippen LogP contribution in [0.25, 0.3) is 10.9 Å². The lowest BCUT2D eigenvalue weighted by Crippen LogP contribution is -2.21. The fourth-order valence-electron chi connectivity index (χ4n) is 3.08. The van der Waals surface area contributed by atoms with E-state index in [1.165, 1.54) is 10.6 Å². The summed E-state index contributed by atoms with van der Waals surface area (Å²) in [6.07, 6.45) is 1.41. The Bertz CT molecular complexity index is 868. The summed E-state index contributed by atoms with van der Waals surface area (Å²) in [5, 5.41) is 0.357. The fourth-order valence-corrected chi connectivity index (χ4v) is 3.79. The third kappa shape index (κ3) is 3.17. The first-order valence-electron chi connectivity index (χ1n) is 7.38. The highest BCUT2D eigenvalue weighted by atomic mass is 31.2. The molecule has 0 spiro atoms. The zero-order chi connectivity index (χ0) is 16.8. The van der Waals surface area contributed by atoms with E-state index in [0.29, 0.717) is 16.6 Å². The van der Waals surface area contributed by atoms with Crippen molar-refractivity contribution in [3.8, 4) is 0 Å². The Morgan fingerprint density at radius 3 is 2.48 bits per heavy atom. The number of rotatable bonds is 3. The molecule has 1 aliphatic heterocycles. The van der Waals surface area contributed by atoms with E-state index in [2.05, 4.69) is 0 Å². The number of hydrogen-bond donors (Lipinski definition) is 2. The Morgan fingerprint density at radius 1 is 1.22 bits per heavy atom. The molecular weight excluding hydrogens is 322 g/mol. The number of aromatic nitrogens is 1. The molecule has 2 N–H and O–H groups in total. The second-order valence-corrected chi connectivity index (χ2v) is 7.55. The molecule has 0 aliphatic carbocycles. The van der Waals surface area contributed by atoms with Crippen LogP contribution in [0.1, 0.15) is 18.4 Å². The number of hydrogen-bond acceptors (Lipinski definition) is 3. The van der Waals surface area contributed by atoms with Gasteiger partial charge >= 0.3 is 7.60 Å². The zero-order valence-electron chi connectivity index (χ0n) is 12.7. The topological polar surface area (TPSA) is 82.8 Å². The summed E-state index contributed by atoms with van der Waals surface area (Å²) in [5.41, 5.74) is 0.700. The van der Waals surface area contributed by atoms with Gasteiger partial charge in [0.05, 0.1) is 17.4 Å². The Hall–Kier alpha value is -1.69. The van der Waals surface area contributed by atoms with E-state index in [1.807, 2.05) is 4.90 Å².